The minimum atomic E-state index is -0.570. The van der Waals surface area contributed by atoms with Crippen LogP contribution in [0.15, 0.2) is 23.4 Å². The molecule has 0 unspecified atom stereocenters. The molecule has 0 atom stereocenters. The molecule has 0 saturated carbocycles. The third-order valence-corrected chi connectivity index (χ3v) is 2.65. The number of halogens is 2. The maximum Gasteiger partial charge on any atom is 0.361 e. The molecule has 104 valence electrons. The second-order valence-corrected chi connectivity index (χ2v) is 4.46. The summed E-state index contributed by atoms with van der Waals surface area (Å²) in [6.45, 7) is 4.33. The Balaban J connectivity index is 3.06. The minimum Gasteiger partial charge on any atom is -0.461 e. The molecule has 0 N–H and O–H groups in total. The van der Waals surface area contributed by atoms with Crippen LogP contribution in [-0.4, -0.2) is 24.9 Å². The van der Waals surface area contributed by atoms with Crippen LogP contribution < -0.4 is 0 Å². The largest absolute Gasteiger partial charge is 0.461 e. The molecule has 0 spiro atoms. The first-order chi connectivity index (χ1) is 9.10. The molecule has 1 aromatic carbocycles. The number of carbonyl (C=O) groups excluding carboxylic acids is 1. The van der Waals surface area contributed by atoms with Crippen LogP contribution in [0, 0.1) is 0 Å². The van der Waals surface area contributed by atoms with E-state index in [1.54, 1.807) is 19.1 Å². The lowest BCUT2D eigenvalue weighted by atomic mass is 10.1. The first kappa shape index (κ1) is 15.8. The van der Waals surface area contributed by atoms with Crippen molar-refractivity contribution < 1.29 is 14.4 Å². The predicted molar refractivity (Wildman–Crippen MR) is 75.9 cm³/mol. The van der Waals surface area contributed by atoms with Gasteiger partial charge in [0.05, 0.1) is 11.6 Å². The molecular formula is C13H15Cl2NO3. The monoisotopic (exact) mass is 303 g/mol. The van der Waals surface area contributed by atoms with Gasteiger partial charge < -0.3 is 9.57 Å². The molecule has 0 aliphatic heterocycles. The first-order valence-corrected chi connectivity index (χ1v) is 6.68. The highest BCUT2D eigenvalue weighted by atomic mass is 35.5. The molecule has 6 heteroatoms. The number of nitrogens with zero attached hydrogens (tertiary/aromatic N) is 1. The van der Waals surface area contributed by atoms with Gasteiger partial charge in [-0.15, -0.1) is 0 Å². The normalized spacial score (nSPS) is 11.3. The van der Waals surface area contributed by atoms with E-state index in [0.29, 0.717) is 28.8 Å². The van der Waals surface area contributed by atoms with Crippen molar-refractivity contribution in [2.75, 3.05) is 13.2 Å². The van der Waals surface area contributed by atoms with Crippen molar-refractivity contribution in [2.45, 2.75) is 20.3 Å². The highest BCUT2D eigenvalue weighted by molar-refractivity contribution is 6.47. The molecular weight excluding hydrogens is 289 g/mol. The van der Waals surface area contributed by atoms with Crippen molar-refractivity contribution in [1.29, 1.82) is 0 Å². The molecule has 0 radical (unpaired) electrons. The van der Waals surface area contributed by atoms with Gasteiger partial charge in [0.15, 0.2) is 5.71 Å². The Kier molecular flexibility index (Phi) is 6.67. The predicted octanol–water partition coefficient (Wildman–Crippen LogP) is 3.69. The number of hydrogen-bond donors (Lipinski definition) is 0. The molecule has 19 heavy (non-hydrogen) atoms. The molecule has 1 rings (SSSR count). The van der Waals surface area contributed by atoms with Gasteiger partial charge in [-0.05, 0) is 31.5 Å². The summed E-state index contributed by atoms with van der Waals surface area (Å²) in [5.74, 6) is -0.570. The fraction of sp³-hybridized carbons (Fsp3) is 0.385. The Morgan fingerprint density at radius 2 is 2.05 bits per heavy atom. The summed E-state index contributed by atoms with van der Waals surface area (Å²) in [5.41, 5.74) is 0.470. The Bertz CT molecular complexity index is 475. The van der Waals surface area contributed by atoms with Crippen LogP contribution in [0.5, 0.6) is 0 Å². The van der Waals surface area contributed by atoms with Gasteiger partial charge in [-0.25, -0.2) is 4.79 Å². The number of ether oxygens (including phenoxy) is 1. The molecule has 0 saturated heterocycles. The third-order valence-electron chi connectivity index (χ3n) is 2.10. The Labute approximate surface area is 122 Å². The number of carbonyl (C=O) groups is 1. The van der Waals surface area contributed by atoms with Gasteiger partial charge in [-0.3, -0.25) is 0 Å². The van der Waals surface area contributed by atoms with Gasteiger partial charge in [0.2, 0.25) is 0 Å². The number of esters is 1. The lowest BCUT2D eigenvalue weighted by molar-refractivity contribution is -0.135. The zero-order chi connectivity index (χ0) is 14.3. The van der Waals surface area contributed by atoms with Gasteiger partial charge in [0.25, 0.3) is 0 Å². The molecule has 1 aromatic rings. The number of hydrogen-bond acceptors (Lipinski definition) is 4. The molecule has 0 aromatic heterocycles. The lowest BCUT2D eigenvalue weighted by Crippen LogP contribution is -2.20. The molecule has 0 aliphatic carbocycles. The van der Waals surface area contributed by atoms with Crippen LogP contribution in [0.25, 0.3) is 0 Å². The van der Waals surface area contributed by atoms with Crippen LogP contribution in [0.3, 0.4) is 0 Å². The van der Waals surface area contributed by atoms with E-state index in [1.807, 2.05) is 6.92 Å². The minimum absolute atomic E-state index is 0.0389. The van der Waals surface area contributed by atoms with Gasteiger partial charge >= 0.3 is 5.97 Å². The van der Waals surface area contributed by atoms with Crippen molar-refractivity contribution in [2.24, 2.45) is 5.16 Å². The van der Waals surface area contributed by atoms with Gasteiger partial charge in [-0.2, -0.15) is 0 Å². The van der Waals surface area contributed by atoms with E-state index in [-0.39, 0.29) is 5.71 Å². The van der Waals surface area contributed by atoms with E-state index >= 15 is 0 Å². The van der Waals surface area contributed by atoms with Crippen LogP contribution in [0.4, 0.5) is 0 Å². The third kappa shape index (κ3) is 4.73. The van der Waals surface area contributed by atoms with Gasteiger partial charge in [-0.1, -0.05) is 35.3 Å². The second-order valence-electron chi connectivity index (χ2n) is 3.62. The average Bonchev–Trinajstić information content (AvgIpc) is 2.38. The lowest BCUT2D eigenvalue weighted by Gasteiger charge is -2.08. The summed E-state index contributed by atoms with van der Waals surface area (Å²) in [4.78, 5) is 16.9. The maximum absolute atomic E-state index is 11.9. The van der Waals surface area contributed by atoms with E-state index in [9.17, 15) is 4.79 Å². The highest BCUT2D eigenvalue weighted by Crippen LogP contribution is 2.22. The fourth-order valence-electron chi connectivity index (χ4n) is 1.27. The van der Waals surface area contributed by atoms with E-state index < -0.39 is 5.97 Å². The average molecular weight is 304 g/mol. The van der Waals surface area contributed by atoms with E-state index in [0.717, 1.165) is 6.42 Å². The summed E-state index contributed by atoms with van der Waals surface area (Å²) in [7, 11) is 0. The Morgan fingerprint density at radius 1 is 1.32 bits per heavy atom. The van der Waals surface area contributed by atoms with Crippen molar-refractivity contribution in [3.8, 4) is 0 Å². The number of oxime groups is 1. The smallest absolute Gasteiger partial charge is 0.361 e. The summed E-state index contributed by atoms with van der Waals surface area (Å²) < 4.78 is 5.05. The van der Waals surface area contributed by atoms with Gasteiger partial charge in [0, 0.05) is 10.6 Å². The van der Waals surface area contributed by atoms with Crippen LogP contribution in [-0.2, 0) is 14.4 Å². The second kappa shape index (κ2) is 8.02. The number of rotatable bonds is 6. The summed E-state index contributed by atoms with van der Waals surface area (Å²) in [5, 5.41) is 4.57. The summed E-state index contributed by atoms with van der Waals surface area (Å²) >= 11 is 11.9. The Hall–Kier alpha value is -1.26. The van der Waals surface area contributed by atoms with Crippen LogP contribution in [0.1, 0.15) is 25.8 Å². The van der Waals surface area contributed by atoms with Crippen molar-refractivity contribution in [3.63, 3.8) is 0 Å². The fourth-order valence-corrected chi connectivity index (χ4v) is 1.77. The van der Waals surface area contributed by atoms with Gasteiger partial charge in [0.1, 0.15) is 6.61 Å². The molecule has 0 aliphatic rings. The van der Waals surface area contributed by atoms with E-state index in [2.05, 4.69) is 5.16 Å². The molecule has 4 nitrogen and oxygen atoms in total. The van der Waals surface area contributed by atoms with E-state index in [1.165, 1.54) is 6.07 Å². The summed E-state index contributed by atoms with van der Waals surface area (Å²) in [6.07, 6.45) is 0.724. The molecule has 0 bridgehead atoms. The summed E-state index contributed by atoms with van der Waals surface area (Å²) in [6, 6.07) is 4.76. The van der Waals surface area contributed by atoms with Crippen molar-refractivity contribution in [3.05, 3.63) is 33.8 Å². The standard InChI is InChI=1S/C13H15Cl2NO3/c1-3-7-18-13(17)12(16-19-4-2)10-6-5-9(14)8-11(10)15/h5-6,8H,3-4,7H2,1-2H3. The molecule has 0 heterocycles. The first-order valence-electron chi connectivity index (χ1n) is 5.92. The highest BCUT2D eigenvalue weighted by Gasteiger charge is 2.19. The van der Waals surface area contributed by atoms with E-state index in [4.69, 9.17) is 32.8 Å². The zero-order valence-electron chi connectivity index (χ0n) is 10.8. The van der Waals surface area contributed by atoms with Crippen LogP contribution >= 0.6 is 23.2 Å². The molecule has 0 amide bonds. The quantitative estimate of drug-likeness (QED) is 0.457. The van der Waals surface area contributed by atoms with Crippen molar-refractivity contribution in [1.82, 2.24) is 0 Å². The SMILES string of the molecule is CCCOC(=O)C(=NOCC)c1ccc(Cl)cc1Cl. The molecule has 0 fully saturated rings. The Morgan fingerprint density at radius 3 is 2.63 bits per heavy atom. The number of benzene rings is 1. The van der Waals surface area contributed by atoms with Crippen molar-refractivity contribution >= 4 is 34.9 Å². The van der Waals surface area contributed by atoms with Crippen LogP contribution in [0.2, 0.25) is 10.0 Å². The maximum atomic E-state index is 11.9. The zero-order valence-corrected chi connectivity index (χ0v) is 12.3. The topological polar surface area (TPSA) is 47.9 Å².